The van der Waals surface area contributed by atoms with E-state index in [1.54, 1.807) is 4.90 Å². The second kappa shape index (κ2) is 8.40. The Balaban J connectivity index is 1.62. The number of esters is 1. The lowest BCUT2D eigenvalue weighted by Gasteiger charge is -2.24. The Labute approximate surface area is 182 Å². The minimum atomic E-state index is -0.912. The maximum atomic E-state index is 13.3. The lowest BCUT2D eigenvalue weighted by atomic mass is 9.98. The molecule has 2 aromatic rings. The summed E-state index contributed by atoms with van der Waals surface area (Å²) >= 11 is 0. The number of benzene rings is 1. The number of pyridine rings is 1. The Kier molecular flexibility index (Phi) is 5.81. The molecule has 2 saturated heterocycles. The van der Waals surface area contributed by atoms with Crippen molar-refractivity contribution < 1.29 is 23.8 Å². The van der Waals surface area contributed by atoms with E-state index in [0.29, 0.717) is 13.2 Å². The predicted molar refractivity (Wildman–Crippen MR) is 114 cm³/mol. The van der Waals surface area contributed by atoms with Gasteiger partial charge < -0.3 is 19.1 Å². The smallest absolute Gasteiger partial charge is 0.328 e. The van der Waals surface area contributed by atoms with E-state index in [4.69, 9.17) is 19.2 Å². The van der Waals surface area contributed by atoms with Crippen LogP contribution in [-0.4, -0.2) is 60.5 Å². The van der Waals surface area contributed by atoms with Crippen LogP contribution in [0, 0.1) is 20.8 Å². The third kappa shape index (κ3) is 4.20. The molecule has 7 nitrogen and oxygen atoms in total. The number of rotatable bonds is 4. The molecule has 0 aliphatic carbocycles. The summed E-state index contributed by atoms with van der Waals surface area (Å²) in [6.45, 7) is 7.09. The van der Waals surface area contributed by atoms with Crippen molar-refractivity contribution >= 4 is 11.9 Å². The summed E-state index contributed by atoms with van der Waals surface area (Å²) in [4.78, 5) is 32.0. The zero-order valence-corrected chi connectivity index (χ0v) is 18.4. The number of likely N-dealkylation sites (tertiary alicyclic amines) is 1. The predicted octanol–water partition coefficient (Wildman–Crippen LogP) is 2.73. The van der Waals surface area contributed by atoms with Crippen molar-refractivity contribution in [2.45, 2.75) is 45.4 Å². The van der Waals surface area contributed by atoms with Crippen molar-refractivity contribution in [2.75, 3.05) is 26.9 Å². The van der Waals surface area contributed by atoms with Crippen LogP contribution in [0.2, 0.25) is 0 Å². The number of aryl methyl sites for hydroxylation is 2. The van der Waals surface area contributed by atoms with E-state index in [-0.39, 0.29) is 25.3 Å². The topological polar surface area (TPSA) is 78.0 Å². The molecule has 1 aromatic carbocycles. The minimum absolute atomic E-state index is 0.157. The Bertz CT molecular complexity index is 1010. The third-order valence-electron chi connectivity index (χ3n) is 6.04. The van der Waals surface area contributed by atoms with Gasteiger partial charge in [0.25, 0.3) is 0 Å². The van der Waals surface area contributed by atoms with Crippen molar-refractivity contribution in [2.24, 2.45) is 0 Å². The van der Waals surface area contributed by atoms with Gasteiger partial charge >= 0.3 is 5.97 Å². The lowest BCUT2D eigenvalue weighted by Crippen LogP contribution is -2.42. The first-order valence-corrected chi connectivity index (χ1v) is 10.5. The number of carbonyl (C=O) groups excluding carboxylic acids is 2. The molecule has 164 valence electrons. The van der Waals surface area contributed by atoms with Gasteiger partial charge in [0.2, 0.25) is 5.91 Å². The molecule has 1 spiro atoms. The SMILES string of the molecule is COC(=O)C1CC2(CN1C(=O)Cc1cc(C)nc(-c3cccc(C)c3)c1C)OCCO2. The van der Waals surface area contributed by atoms with Crippen LogP contribution >= 0.6 is 0 Å². The first-order chi connectivity index (χ1) is 14.8. The summed E-state index contributed by atoms with van der Waals surface area (Å²) in [5, 5.41) is 0. The summed E-state index contributed by atoms with van der Waals surface area (Å²) in [6.07, 6.45) is 0.450. The van der Waals surface area contributed by atoms with Gasteiger partial charge in [0.15, 0.2) is 5.79 Å². The summed E-state index contributed by atoms with van der Waals surface area (Å²) in [6, 6.07) is 9.39. The summed E-state index contributed by atoms with van der Waals surface area (Å²) in [7, 11) is 1.33. The number of hydrogen-bond acceptors (Lipinski definition) is 6. The van der Waals surface area contributed by atoms with E-state index >= 15 is 0 Å². The Morgan fingerprint density at radius 1 is 1.19 bits per heavy atom. The average molecular weight is 424 g/mol. The summed E-state index contributed by atoms with van der Waals surface area (Å²) in [5.74, 6) is -1.52. The zero-order valence-electron chi connectivity index (χ0n) is 18.4. The molecule has 1 aromatic heterocycles. The number of carbonyl (C=O) groups is 2. The fourth-order valence-corrected chi connectivity index (χ4v) is 4.48. The molecule has 0 N–H and O–H groups in total. The second-order valence-electron chi connectivity index (χ2n) is 8.31. The zero-order chi connectivity index (χ0) is 22.2. The molecule has 3 heterocycles. The van der Waals surface area contributed by atoms with Crippen molar-refractivity contribution in [3.05, 3.63) is 52.7 Å². The van der Waals surface area contributed by atoms with Gasteiger partial charge in [-0.05, 0) is 44.0 Å². The van der Waals surface area contributed by atoms with Gasteiger partial charge in [-0.1, -0.05) is 23.8 Å². The van der Waals surface area contributed by atoms with Crippen LogP contribution in [0.1, 0.15) is 28.8 Å². The number of aromatic nitrogens is 1. The fraction of sp³-hybridized carbons (Fsp3) is 0.458. The molecule has 2 aliphatic heterocycles. The van der Waals surface area contributed by atoms with Crippen LogP contribution < -0.4 is 0 Å². The summed E-state index contributed by atoms with van der Waals surface area (Å²) in [5.41, 5.74) is 5.74. The molecule has 0 bridgehead atoms. The quantitative estimate of drug-likeness (QED) is 0.703. The maximum Gasteiger partial charge on any atom is 0.328 e. The monoisotopic (exact) mass is 424 g/mol. The van der Waals surface area contributed by atoms with Gasteiger partial charge in [0.05, 0.1) is 39.0 Å². The van der Waals surface area contributed by atoms with Crippen LogP contribution in [0.15, 0.2) is 30.3 Å². The van der Waals surface area contributed by atoms with Crippen LogP contribution in [-0.2, 0) is 30.2 Å². The van der Waals surface area contributed by atoms with E-state index in [1.807, 2.05) is 45.0 Å². The van der Waals surface area contributed by atoms with Crippen molar-refractivity contribution in [1.29, 1.82) is 0 Å². The molecule has 4 rings (SSSR count). The molecule has 7 heteroatoms. The Morgan fingerprint density at radius 2 is 1.94 bits per heavy atom. The number of nitrogens with zero attached hydrogens (tertiary/aromatic N) is 2. The standard InChI is InChI=1S/C24H28N2O5/c1-15-6-5-7-18(10-15)22-17(3)19(11-16(2)25-22)12-21(27)26-14-24(30-8-9-31-24)13-20(26)23(28)29-4/h5-7,10-11,20H,8-9,12-14H2,1-4H3. The highest BCUT2D eigenvalue weighted by atomic mass is 16.7. The lowest BCUT2D eigenvalue weighted by molar-refractivity contribution is -0.152. The molecular weight excluding hydrogens is 396 g/mol. The Morgan fingerprint density at radius 3 is 2.61 bits per heavy atom. The molecule has 1 atom stereocenters. The average Bonchev–Trinajstić information content (AvgIpc) is 3.37. The summed E-state index contributed by atoms with van der Waals surface area (Å²) < 4.78 is 16.5. The molecule has 2 aliphatic rings. The van der Waals surface area contributed by atoms with Crippen LogP contribution in [0.4, 0.5) is 0 Å². The Hall–Kier alpha value is -2.77. The highest BCUT2D eigenvalue weighted by Crippen LogP contribution is 2.36. The molecule has 1 unspecified atom stereocenters. The fourth-order valence-electron chi connectivity index (χ4n) is 4.48. The van der Waals surface area contributed by atoms with E-state index in [0.717, 1.165) is 33.6 Å². The number of ether oxygens (including phenoxy) is 3. The van der Waals surface area contributed by atoms with E-state index in [1.165, 1.54) is 7.11 Å². The van der Waals surface area contributed by atoms with Gasteiger partial charge in [-0.3, -0.25) is 9.78 Å². The van der Waals surface area contributed by atoms with Crippen molar-refractivity contribution in [3.8, 4) is 11.3 Å². The molecule has 31 heavy (non-hydrogen) atoms. The number of methoxy groups -OCH3 is 1. The molecule has 1 amide bonds. The van der Waals surface area contributed by atoms with Crippen molar-refractivity contribution in [3.63, 3.8) is 0 Å². The van der Waals surface area contributed by atoms with Crippen molar-refractivity contribution in [1.82, 2.24) is 9.88 Å². The largest absolute Gasteiger partial charge is 0.467 e. The van der Waals surface area contributed by atoms with Gasteiger partial charge in [0.1, 0.15) is 6.04 Å². The third-order valence-corrected chi connectivity index (χ3v) is 6.04. The van der Waals surface area contributed by atoms with Gasteiger partial charge in [0, 0.05) is 17.7 Å². The minimum Gasteiger partial charge on any atom is -0.467 e. The highest BCUT2D eigenvalue weighted by molar-refractivity contribution is 5.87. The van der Waals surface area contributed by atoms with E-state index < -0.39 is 17.8 Å². The van der Waals surface area contributed by atoms with E-state index in [2.05, 4.69) is 6.07 Å². The normalized spacial score (nSPS) is 19.7. The van der Waals surface area contributed by atoms with E-state index in [9.17, 15) is 9.59 Å². The number of amides is 1. The first kappa shape index (κ1) is 21.5. The maximum absolute atomic E-state index is 13.3. The second-order valence-corrected chi connectivity index (χ2v) is 8.31. The van der Waals surface area contributed by atoms with Crippen LogP contribution in [0.25, 0.3) is 11.3 Å². The number of hydrogen-bond donors (Lipinski definition) is 0. The molecular formula is C24H28N2O5. The van der Waals surface area contributed by atoms with Crippen LogP contribution in [0.3, 0.4) is 0 Å². The van der Waals surface area contributed by atoms with Gasteiger partial charge in [-0.25, -0.2) is 4.79 Å². The first-order valence-electron chi connectivity index (χ1n) is 10.5. The highest BCUT2D eigenvalue weighted by Gasteiger charge is 2.52. The molecule has 0 radical (unpaired) electrons. The molecule has 2 fully saturated rings. The van der Waals surface area contributed by atoms with Gasteiger partial charge in [-0.15, -0.1) is 0 Å². The van der Waals surface area contributed by atoms with Gasteiger partial charge in [-0.2, -0.15) is 0 Å². The molecule has 0 saturated carbocycles. The van der Waals surface area contributed by atoms with Crippen LogP contribution in [0.5, 0.6) is 0 Å².